The molecule has 0 aliphatic carbocycles. The Balaban J connectivity index is 2.37. The lowest BCUT2D eigenvalue weighted by molar-refractivity contribution is 0.145. The van der Waals surface area contributed by atoms with Gasteiger partial charge in [-0.3, -0.25) is 5.43 Å². The van der Waals surface area contributed by atoms with Gasteiger partial charge in [0.25, 0.3) is 0 Å². The van der Waals surface area contributed by atoms with Gasteiger partial charge in [0.1, 0.15) is 0 Å². The van der Waals surface area contributed by atoms with Crippen molar-refractivity contribution in [1.82, 2.24) is 10.7 Å². The summed E-state index contributed by atoms with van der Waals surface area (Å²) in [5, 5.41) is 3.82. The van der Waals surface area contributed by atoms with E-state index in [-0.39, 0.29) is 0 Å². The maximum Gasteiger partial charge on any atom is 0.206 e. The normalized spacial score (nSPS) is 11.4. The van der Waals surface area contributed by atoms with E-state index in [4.69, 9.17) is 22.2 Å². The lowest BCUT2D eigenvalue weighted by atomic mass is 10.2. The van der Waals surface area contributed by atoms with Crippen molar-refractivity contribution < 1.29 is 4.74 Å². The van der Waals surface area contributed by atoms with Gasteiger partial charge in [0.05, 0.1) is 6.54 Å². The molecule has 0 saturated carbocycles. The standard InChI is InChI=1S/C13H21ClN4O/c1-2-19-9-5-8-16-13(18-15)17-10-11-6-3-4-7-12(11)14/h3-4,6-7H,2,5,8-10,15H2,1H3,(H2,16,17,18). The van der Waals surface area contributed by atoms with Gasteiger partial charge in [-0.2, -0.15) is 0 Å². The van der Waals surface area contributed by atoms with Crippen LogP contribution in [-0.2, 0) is 11.3 Å². The topological polar surface area (TPSA) is 71.7 Å². The number of guanidine groups is 1. The molecule has 4 N–H and O–H groups in total. The maximum atomic E-state index is 6.05. The van der Waals surface area contributed by atoms with Gasteiger partial charge in [0.15, 0.2) is 0 Å². The van der Waals surface area contributed by atoms with Gasteiger partial charge < -0.3 is 10.1 Å². The third-order valence-corrected chi connectivity index (χ3v) is 2.83. The minimum Gasteiger partial charge on any atom is -0.382 e. The van der Waals surface area contributed by atoms with Gasteiger partial charge >= 0.3 is 0 Å². The van der Waals surface area contributed by atoms with Crippen LogP contribution in [0.25, 0.3) is 0 Å². The van der Waals surface area contributed by atoms with Crippen LogP contribution in [0.15, 0.2) is 29.3 Å². The predicted molar refractivity (Wildman–Crippen MR) is 79.0 cm³/mol. The molecule has 0 radical (unpaired) electrons. The Morgan fingerprint density at radius 2 is 2.21 bits per heavy atom. The molecule has 0 aliphatic rings. The average molecular weight is 285 g/mol. The molecular weight excluding hydrogens is 264 g/mol. The first-order valence-corrected chi connectivity index (χ1v) is 6.71. The van der Waals surface area contributed by atoms with Crippen LogP contribution in [0.3, 0.4) is 0 Å². The molecule has 1 rings (SSSR count). The van der Waals surface area contributed by atoms with E-state index in [0.717, 1.165) is 31.7 Å². The summed E-state index contributed by atoms with van der Waals surface area (Å²) in [6.45, 7) is 4.68. The Bertz CT molecular complexity index is 398. The first-order valence-electron chi connectivity index (χ1n) is 6.34. The van der Waals surface area contributed by atoms with Crippen molar-refractivity contribution in [2.24, 2.45) is 10.8 Å². The van der Waals surface area contributed by atoms with E-state index < -0.39 is 0 Å². The highest BCUT2D eigenvalue weighted by Crippen LogP contribution is 2.15. The largest absolute Gasteiger partial charge is 0.382 e. The molecule has 0 amide bonds. The number of nitrogens with one attached hydrogen (secondary N) is 2. The van der Waals surface area contributed by atoms with Crippen LogP contribution in [0.4, 0.5) is 0 Å². The molecule has 106 valence electrons. The highest BCUT2D eigenvalue weighted by atomic mass is 35.5. The molecule has 0 aromatic heterocycles. The lowest BCUT2D eigenvalue weighted by Gasteiger charge is -2.09. The van der Waals surface area contributed by atoms with Crippen LogP contribution in [0.1, 0.15) is 18.9 Å². The molecule has 0 heterocycles. The minimum atomic E-state index is 0.484. The molecule has 0 bridgehead atoms. The zero-order valence-corrected chi connectivity index (χ0v) is 11.9. The molecule has 0 fully saturated rings. The number of benzene rings is 1. The third kappa shape index (κ3) is 6.42. The SMILES string of the molecule is CCOCCCNC(=NCc1ccccc1Cl)NN. The maximum absolute atomic E-state index is 6.05. The Labute approximate surface area is 119 Å². The molecule has 0 atom stereocenters. The number of halogens is 1. The van der Waals surface area contributed by atoms with E-state index in [0.29, 0.717) is 17.5 Å². The monoisotopic (exact) mass is 284 g/mol. The number of nitrogens with two attached hydrogens (primary N) is 1. The molecule has 5 nitrogen and oxygen atoms in total. The van der Waals surface area contributed by atoms with Crippen LogP contribution in [0, 0.1) is 0 Å². The first kappa shape index (κ1) is 15.8. The van der Waals surface area contributed by atoms with E-state index in [1.54, 1.807) is 0 Å². The summed E-state index contributed by atoms with van der Waals surface area (Å²) in [4.78, 5) is 4.34. The van der Waals surface area contributed by atoms with Crippen LogP contribution in [0.5, 0.6) is 0 Å². The van der Waals surface area contributed by atoms with Crippen molar-refractivity contribution >= 4 is 17.6 Å². The summed E-state index contributed by atoms with van der Waals surface area (Å²) in [7, 11) is 0. The summed E-state index contributed by atoms with van der Waals surface area (Å²) in [5.41, 5.74) is 3.50. The number of aliphatic imine (C=N–C) groups is 1. The number of rotatable bonds is 7. The third-order valence-electron chi connectivity index (χ3n) is 2.46. The van der Waals surface area contributed by atoms with Crippen molar-refractivity contribution in [3.05, 3.63) is 34.9 Å². The highest BCUT2D eigenvalue weighted by molar-refractivity contribution is 6.31. The number of ether oxygens (including phenoxy) is 1. The van der Waals surface area contributed by atoms with Crippen molar-refractivity contribution in [2.45, 2.75) is 19.9 Å². The van der Waals surface area contributed by atoms with Gasteiger partial charge in [-0.15, -0.1) is 0 Å². The molecule has 1 aromatic rings. The van der Waals surface area contributed by atoms with Crippen molar-refractivity contribution in [3.8, 4) is 0 Å². The summed E-state index contributed by atoms with van der Waals surface area (Å²) in [5.74, 6) is 5.96. The van der Waals surface area contributed by atoms with Crippen LogP contribution < -0.4 is 16.6 Å². The summed E-state index contributed by atoms with van der Waals surface area (Å²) in [6, 6.07) is 7.61. The second kappa shape index (κ2) is 9.61. The second-order valence-corrected chi connectivity index (χ2v) is 4.29. The summed E-state index contributed by atoms with van der Waals surface area (Å²) in [6.07, 6.45) is 0.903. The van der Waals surface area contributed by atoms with Crippen LogP contribution in [0.2, 0.25) is 5.02 Å². The fraction of sp³-hybridized carbons (Fsp3) is 0.462. The Hall–Kier alpha value is -1.30. The zero-order valence-electron chi connectivity index (χ0n) is 11.2. The summed E-state index contributed by atoms with van der Waals surface area (Å²) < 4.78 is 5.24. The van der Waals surface area contributed by atoms with E-state index in [1.807, 2.05) is 31.2 Å². The second-order valence-electron chi connectivity index (χ2n) is 3.88. The van der Waals surface area contributed by atoms with Gasteiger partial charge in [0.2, 0.25) is 5.96 Å². The molecule has 1 aromatic carbocycles. The molecule has 0 spiro atoms. The van der Waals surface area contributed by atoms with E-state index in [1.165, 1.54) is 0 Å². The van der Waals surface area contributed by atoms with Crippen LogP contribution in [-0.4, -0.2) is 25.7 Å². The Morgan fingerprint density at radius 1 is 1.42 bits per heavy atom. The number of nitrogens with zero attached hydrogens (tertiary/aromatic N) is 1. The molecular formula is C13H21ClN4O. The lowest BCUT2D eigenvalue weighted by Crippen LogP contribution is -2.42. The van der Waals surface area contributed by atoms with E-state index in [9.17, 15) is 0 Å². The number of hydrogen-bond acceptors (Lipinski definition) is 3. The smallest absolute Gasteiger partial charge is 0.206 e. The van der Waals surface area contributed by atoms with Gasteiger partial charge in [0, 0.05) is 24.8 Å². The van der Waals surface area contributed by atoms with Crippen molar-refractivity contribution in [3.63, 3.8) is 0 Å². The average Bonchev–Trinajstić information content (AvgIpc) is 2.43. The van der Waals surface area contributed by atoms with E-state index >= 15 is 0 Å². The molecule has 19 heavy (non-hydrogen) atoms. The van der Waals surface area contributed by atoms with E-state index in [2.05, 4.69) is 15.7 Å². The molecule has 6 heteroatoms. The Kier molecular flexibility index (Phi) is 7.97. The molecule has 0 unspecified atom stereocenters. The van der Waals surface area contributed by atoms with Crippen molar-refractivity contribution in [1.29, 1.82) is 0 Å². The highest BCUT2D eigenvalue weighted by Gasteiger charge is 1.99. The van der Waals surface area contributed by atoms with Gasteiger partial charge in [-0.1, -0.05) is 29.8 Å². The molecule has 0 saturated heterocycles. The summed E-state index contributed by atoms with van der Waals surface area (Å²) >= 11 is 6.05. The van der Waals surface area contributed by atoms with Crippen LogP contribution >= 0.6 is 11.6 Å². The van der Waals surface area contributed by atoms with Gasteiger partial charge in [-0.25, -0.2) is 10.8 Å². The zero-order chi connectivity index (χ0) is 13.9. The first-order chi connectivity index (χ1) is 9.27. The number of hydrazine groups is 1. The quantitative estimate of drug-likeness (QED) is 0.234. The Morgan fingerprint density at radius 3 is 2.89 bits per heavy atom. The van der Waals surface area contributed by atoms with Gasteiger partial charge in [-0.05, 0) is 25.0 Å². The minimum absolute atomic E-state index is 0.484. The predicted octanol–water partition coefficient (Wildman–Crippen LogP) is 1.68. The fourth-order valence-electron chi connectivity index (χ4n) is 1.47. The fourth-order valence-corrected chi connectivity index (χ4v) is 1.66. The molecule has 0 aliphatic heterocycles. The van der Waals surface area contributed by atoms with Crippen molar-refractivity contribution in [2.75, 3.05) is 19.8 Å². The number of hydrogen-bond donors (Lipinski definition) is 3.